The molecule has 3 rings (SSSR count). The Bertz CT molecular complexity index is 822. The molecule has 2 N–H and O–H groups in total. The summed E-state index contributed by atoms with van der Waals surface area (Å²) in [6.07, 6.45) is 1.67. The number of nitrogens with zero attached hydrogens (tertiary/aromatic N) is 3. The van der Waals surface area contributed by atoms with Gasteiger partial charge in [-0.25, -0.2) is 4.39 Å². The highest BCUT2D eigenvalue weighted by molar-refractivity contribution is 5.92. The Labute approximate surface area is 144 Å². The van der Waals surface area contributed by atoms with Crippen molar-refractivity contribution in [1.82, 2.24) is 20.5 Å². The quantitative estimate of drug-likeness (QED) is 0.723. The number of amides is 1. The monoisotopic (exact) mass is 337 g/mol. The lowest BCUT2D eigenvalue weighted by atomic mass is 10.2. The number of benzene rings is 1. The molecule has 0 unspecified atom stereocenters. The summed E-state index contributed by atoms with van der Waals surface area (Å²) in [4.78, 5) is 16.2. The first-order chi connectivity index (χ1) is 12.2. The second-order valence-electron chi connectivity index (χ2n) is 5.29. The van der Waals surface area contributed by atoms with Gasteiger partial charge in [-0.1, -0.05) is 18.2 Å². The van der Waals surface area contributed by atoms with Gasteiger partial charge < -0.3 is 10.6 Å². The Balaban J connectivity index is 1.52. The number of hydrogen-bond donors (Lipinski definition) is 2. The topological polar surface area (TPSA) is 79.8 Å². The molecule has 0 aliphatic carbocycles. The Hall–Kier alpha value is -3.35. The van der Waals surface area contributed by atoms with Gasteiger partial charge in [0, 0.05) is 12.7 Å². The molecule has 25 heavy (non-hydrogen) atoms. The van der Waals surface area contributed by atoms with Crippen molar-refractivity contribution >= 4 is 11.7 Å². The number of pyridine rings is 1. The van der Waals surface area contributed by atoms with Crippen LogP contribution in [0.25, 0.3) is 0 Å². The van der Waals surface area contributed by atoms with Crippen LogP contribution in [0, 0.1) is 5.82 Å². The van der Waals surface area contributed by atoms with Crippen molar-refractivity contribution < 1.29 is 9.18 Å². The first-order valence-corrected chi connectivity index (χ1v) is 7.71. The highest BCUT2D eigenvalue weighted by Crippen LogP contribution is 2.07. The van der Waals surface area contributed by atoms with Crippen molar-refractivity contribution in [3.05, 3.63) is 83.6 Å². The number of rotatable bonds is 6. The number of aromatic nitrogens is 3. The van der Waals surface area contributed by atoms with Gasteiger partial charge in [0.25, 0.3) is 5.91 Å². The molecule has 126 valence electrons. The first kappa shape index (κ1) is 16.5. The van der Waals surface area contributed by atoms with Crippen molar-refractivity contribution in [1.29, 1.82) is 0 Å². The maximum absolute atomic E-state index is 12.9. The van der Waals surface area contributed by atoms with E-state index in [1.807, 2.05) is 18.2 Å². The van der Waals surface area contributed by atoms with E-state index < -0.39 is 0 Å². The lowest BCUT2D eigenvalue weighted by Crippen LogP contribution is -2.24. The van der Waals surface area contributed by atoms with Gasteiger partial charge in [0.2, 0.25) is 0 Å². The molecule has 0 saturated carbocycles. The summed E-state index contributed by atoms with van der Waals surface area (Å²) in [6, 6.07) is 14.9. The van der Waals surface area contributed by atoms with E-state index in [-0.39, 0.29) is 17.4 Å². The third-order valence-electron chi connectivity index (χ3n) is 3.44. The summed E-state index contributed by atoms with van der Waals surface area (Å²) in [5.41, 5.74) is 1.91. The van der Waals surface area contributed by atoms with Gasteiger partial charge >= 0.3 is 0 Å². The summed E-state index contributed by atoms with van der Waals surface area (Å²) in [5.74, 6) is -0.0570. The molecule has 2 aromatic heterocycles. The largest absolute Gasteiger partial charge is 0.365 e. The summed E-state index contributed by atoms with van der Waals surface area (Å²) < 4.78 is 12.9. The van der Waals surface area contributed by atoms with Crippen LogP contribution in [0.4, 0.5) is 10.2 Å². The van der Waals surface area contributed by atoms with Crippen molar-refractivity contribution in [2.45, 2.75) is 13.1 Å². The van der Waals surface area contributed by atoms with Crippen molar-refractivity contribution in [3.63, 3.8) is 0 Å². The fraction of sp³-hybridized carbons (Fsp3) is 0.111. The van der Waals surface area contributed by atoms with Gasteiger partial charge in [0.1, 0.15) is 11.6 Å². The summed E-state index contributed by atoms with van der Waals surface area (Å²) >= 11 is 0. The van der Waals surface area contributed by atoms with E-state index in [9.17, 15) is 9.18 Å². The molecule has 2 heterocycles. The van der Waals surface area contributed by atoms with Gasteiger partial charge in [-0.15, -0.1) is 10.2 Å². The highest BCUT2D eigenvalue weighted by atomic mass is 19.1. The van der Waals surface area contributed by atoms with E-state index >= 15 is 0 Å². The Morgan fingerprint density at radius 2 is 1.80 bits per heavy atom. The average Bonchev–Trinajstić information content (AvgIpc) is 2.67. The van der Waals surface area contributed by atoms with Crippen LogP contribution in [0.3, 0.4) is 0 Å². The van der Waals surface area contributed by atoms with Crippen LogP contribution in [-0.4, -0.2) is 21.1 Å². The zero-order chi connectivity index (χ0) is 17.5. The Kier molecular flexibility index (Phi) is 5.26. The lowest BCUT2D eigenvalue weighted by molar-refractivity contribution is 0.0944. The SMILES string of the molecule is O=C(NCc1ccccn1)c1ccc(NCc2ccc(F)cc2)nn1. The number of anilines is 1. The number of nitrogens with one attached hydrogen (secondary N) is 2. The maximum atomic E-state index is 12.9. The smallest absolute Gasteiger partial charge is 0.272 e. The Morgan fingerprint density at radius 3 is 2.48 bits per heavy atom. The molecule has 0 radical (unpaired) electrons. The fourth-order valence-corrected chi connectivity index (χ4v) is 2.11. The molecule has 0 aliphatic heterocycles. The van der Waals surface area contributed by atoms with Gasteiger partial charge in [-0.05, 0) is 42.0 Å². The number of carbonyl (C=O) groups is 1. The van der Waals surface area contributed by atoms with Crippen LogP contribution in [-0.2, 0) is 13.1 Å². The van der Waals surface area contributed by atoms with E-state index in [1.54, 1.807) is 30.5 Å². The second kappa shape index (κ2) is 7.96. The van der Waals surface area contributed by atoms with Crippen LogP contribution in [0.2, 0.25) is 0 Å². The molecule has 0 bridgehead atoms. The normalized spacial score (nSPS) is 10.3. The molecule has 3 aromatic rings. The minimum atomic E-state index is -0.316. The van der Waals surface area contributed by atoms with Crippen molar-refractivity contribution in [2.24, 2.45) is 0 Å². The predicted molar refractivity (Wildman–Crippen MR) is 91.2 cm³/mol. The minimum Gasteiger partial charge on any atom is -0.365 e. The van der Waals surface area contributed by atoms with Crippen LogP contribution in [0.15, 0.2) is 60.8 Å². The molecule has 0 fully saturated rings. The summed E-state index contributed by atoms with van der Waals surface area (Å²) in [6.45, 7) is 0.812. The summed E-state index contributed by atoms with van der Waals surface area (Å²) in [7, 11) is 0. The molecule has 1 amide bonds. The third-order valence-corrected chi connectivity index (χ3v) is 3.44. The van der Waals surface area contributed by atoms with E-state index in [1.165, 1.54) is 12.1 Å². The number of carbonyl (C=O) groups excluding carboxylic acids is 1. The molecule has 0 spiro atoms. The zero-order valence-corrected chi connectivity index (χ0v) is 13.3. The van der Waals surface area contributed by atoms with E-state index in [4.69, 9.17) is 0 Å². The molecular formula is C18H16FN5O. The molecule has 0 saturated heterocycles. The maximum Gasteiger partial charge on any atom is 0.272 e. The molecule has 1 aromatic carbocycles. The minimum absolute atomic E-state index is 0.225. The highest BCUT2D eigenvalue weighted by Gasteiger charge is 2.08. The van der Waals surface area contributed by atoms with Gasteiger partial charge in [-0.2, -0.15) is 0 Å². The van der Waals surface area contributed by atoms with E-state index in [0.29, 0.717) is 18.9 Å². The van der Waals surface area contributed by atoms with Gasteiger partial charge in [-0.3, -0.25) is 9.78 Å². The van der Waals surface area contributed by atoms with E-state index in [0.717, 1.165) is 11.3 Å². The summed E-state index contributed by atoms with van der Waals surface area (Å²) in [5, 5.41) is 13.7. The Morgan fingerprint density at radius 1 is 0.960 bits per heavy atom. The molecule has 6 nitrogen and oxygen atoms in total. The predicted octanol–water partition coefficient (Wildman–Crippen LogP) is 2.55. The van der Waals surface area contributed by atoms with Gasteiger partial charge in [0.15, 0.2) is 5.69 Å². The second-order valence-corrected chi connectivity index (χ2v) is 5.29. The van der Waals surface area contributed by atoms with Crippen LogP contribution >= 0.6 is 0 Å². The third kappa shape index (κ3) is 4.81. The lowest BCUT2D eigenvalue weighted by Gasteiger charge is -2.06. The first-order valence-electron chi connectivity index (χ1n) is 7.71. The van der Waals surface area contributed by atoms with Crippen LogP contribution in [0.1, 0.15) is 21.7 Å². The van der Waals surface area contributed by atoms with Crippen LogP contribution < -0.4 is 10.6 Å². The average molecular weight is 337 g/mol. The zero-order valence-electron chi connectivity index (χ0n) is 13.3. The van der Waals surface area contributed by atoms with Crippen molar-refractivity contribution in [2.75, 3.05) is 5.32 Å². The van der Waals surface area contributed by atoms with Gasteiger partial charge in [0.05, 0.1) is 12.2 Å². The number of hydrogen-bond acceptors (Lipinski definition) is 5. The molecule has 0 atom stereocenters. The van der Waals surface area contributed by atoms with Crippen molar-refractivity contribution in [3.8, 4) is 0 Å². The molecule has 0 aliphatic rings. The number of halogens is 1. The molecule has 7 heteroatoms. The fourth-order valence-electron chi connectivity index (χ4n) is 2.11. The van der Waals surface area contributed by atoms with Crippen LogP contribution in [0.5, 0.6) is 0 Å². The molecular weight excluding hydrogens is 321 g/mol. The standard InChI is InChI=1S/C18H16FN5O/c19-14-6-4-13(5-7-14)11-21-17-9-8-16(23-24-17)18(25)22-12-15-3-1-2-10-20-15/h1-10H,11-12H2,(H,21,24)(H,22,25). The van der Waals surface area contributed by atoms with E-state index in [2.05, 4.69) is 25.8 Å².